The van der Waals surface area contributed by atoms with Crippen molar-refractivity contribution in [3.63, 3.8) is 0 Å². The number of para-hydroxylation sites is 1. The second-order valence-electron chi connectivity index (χ2n) is 5.44. The summed E-state index contributed by atoms with van der Waals surface area (Å²) in [6.07, 6.45) is 3.75. The smallest absolute Gasteiger partial charge is 0.277 e. The first-order valence-electron chi connectivity index (χ1n) is 7.59. The highest BCUT2D eigenvalue weighted by molar-refractivity contribution is 7.13. The number of benzene rings is 1. The average Bonchev–Trinajstić information content (AvgIpc) is 3.11. The van der Waals surface area contributed by atoms with Crippen molar-refractivity contribution in [2.75, 3.05) is 11.4 Å². The van der Waals surface area contributed by atoms with Gasteiger partial charge in [0.25, 0.3) is 5.91 Å². The van der Waals surface area contributed by atoms with E-state index in [1.807, 2.05) is 46.7 Å². The van der Waals surface area contributed by atoms with Gasteiger partial charge in [0.2, 0.25) is 0 Å². The lowest BCUT2D eigenvalue weighted by molar-refractivity contribution is 0.0981. The van der Waals surface area contributed by atoms with Crippen molar-refractivity contribution < 1.29 is 4.79 Å². The molecule has 0 spiro atoms. The van der Waals surface area contributed by atoms with E-state index >= 15 is 0 Å². The predicted molar refractivity (Wildman–Crippen MR) is 91.8 cm³/mol. The van der Waals surface area contributed by atoms with Gasteiger partial charge in [-0.3, -0.25) is 9.78 Å². The van der Waals surface area contributed by atoms with Crippen molar-refractivity contribution in [1.82, 2.24) is 9.97 Å². The van der Waals surface area contributed by atoms with Gasteiger partial charge in [0, 0.05) is 23.8 Å². The molecule has 23 heavy (non-hydrogen) atoms. The topological polar surface area (TPSA) is 46.1 Å². The Labute approximate surface area is 138 Å². The second kappa shape index (κ2) is 5.93. The van der Waals surface area contributed by atoms with Gasteiger partial charge in [0.05, 0.1) is 5.69 Å². The lowest BCUT2D eigenvalue weighted by atomic mass is 10.0. The molecule has 5 heteroatoms. The summed E-state index contributed by atoms with van der Waals surface area (Å²) in [4.78, 5) is 23.5. The van der Waals surface area contributed by atoms with E-state index in [1.54, 1.807) is 6.20 Å². The summed E-state index contributed by atoms with van der Waals surface area (Å²) in [5, 5.41) is 2.60. The minimum Gasteiger partial charge on any atom is -0.307 e. The first kappa shape index (κ1) is 14.1. The van der Waals surface area contributed by atoms with Crippen molar-refractivity contribution in [2.45, 2.75) is 12.8 Å². The van der Waals surface area contributed by atoms with Crippen molar-refractivity contribution in [3.8, 4) is 10.7 Å². The molecule has 0 aliphatic carbocycles. The van der Waals surface area contributed by atoms with Crippen molar-refractivity contribution in [3.05, 3.63) is 65.3 Å². The molecule has 3 heterocycles. The molecule has 1 aliphatic heterocycles. The standard InChI is InChI=1S/C18H15N3OS/c22-18(21-11-5-7-13-6-1-2-9-16(13)21)15-12-23-17(20-15)14-8-3-4-10-19-14/h1-4,6,8-10,12H,5,7,11H2. The first-order valence-corrected chi connectivity index (χ1v) is 8.47. The van der Waals surface area contributed by atoms with Crippen LogP contribution in [0.25, 0.3) is 10.7 Å². The van der Waals surface area contributed by atoms with E-state index < -0.39 is 0 Å². The maximum absolute atomic E-state index is 12.9. The molecular weight excluding hydrogens is 306 g/mol. The number of pyridine rings is 1. The molecule has 1 aliphatic rings. The monoisotopic (exact) mass is 321 g/mol. The lowest BCUT2D eigenvalue weighted by Gasteiger charge is -2.28. The summed E-state index contributed by atoms with van der Waals surface area (Å²) in [6, 6.07) is 13.8. The maximum atomic E-state index is 12.9. The molecule has 4 nitrogen and oxygen atoms in total. The molecule has 1 amide bonds. The largest absolute Gasteiger partial charge is 0.307 e. The Hall–Kier alpha value is -2.53. The van der Waals surface area contributed by atoms with Crippen LogP contribution in [0.4, 0.5) is 5.69 Å². The van der Waals surface area contributed by atoms with Crippen LogP contribution in [0.1, 0.15) is 22.5 Å². The summed E-state index contributed by atoms with van der Waals surface area (Å²) in [7, 11) is 0. The summed E-state index contributed by atoms with van der Waals surface area (Å²) >= 11 is 1.46. The molecule has 0 atom stereocenters. The Morgan fingerprint density at radius 3 is 2.87 bits per heavy atom. The zero-order valence-electron chi connectivity index (χ0n) is 12.5. The molecule has 4 rings (SSSR count). The molecule has 1 aromatic carbocycles. The Morgan fingerprint density at radius 2 is 2.00 bits per heavy atom. The Kier molecular flexibility index (Phi) is 3.63. The zero-order valence-corrected chi connectivity index (χ0v) is 13.3. The number of carbonyl (C=O) groups is 1. The molecule has 3 aromatic rings. The van der Waals surface area contributed by atoms with Gasteiger partial charge in [-0.1, -0.05) is 24.3 Å². The number of amides is 1. The van der Waals surface area contributed by atoms with Crippen molar-refractivity contribution in [1.29, 1.82) is 0 Å². The Morgan fingerprint density at radius 1 is 1.13 bits per heavy atom. The minimum absolute atomic E-state index is 0.0319. The maximum Gasteiger partial charge on any atom is 0.277 e. The first-order chi connectivity index (χ1) is 11.3. The molecule has 0 N–H and O–H groups in total. The molecule has 0 unspecified atom stereocenters. The molecule has 0 fully saturated rings. The third kappa shape index (κ3) is 2.64. The van der Waals surface area contributed by atoms with Crippen LogP contribution in [0.3, 0.4) is 0 Å². The minimum atomic E-state index is -0.0319. The van der Waals surface area contributed by atoms with Crippen LogP contribution < -0.4 is 4.90 Å². The molecule has 0 saturated heterocycles. The highest BCUT2D eigenvalue weighted by Crippen LogP contribution is 2.29. The number of carbonyl (C=O) groups excluding carboxylic acids is 1. The van der Waals surface area contributed by atoms with Crippen LogP contribution in [-0.2, 0) is 6.42 Å². The number of hydrogen-bond donors (Lipinski definition) is 0. The zero-order chi connectivity index (χ0) is 15.6. The van der Waals surface area contributed by atoms with E-state index in [-0.39, 0.29) is 5.91 Å². The number of fused-ring (bicyclic) bond motifs is 1. The van der Waals surface area contributed by atoms with Gasteiger partial charge in [-0.25, -0.2) is 4.98 Å². The van der Waals surface area contributed by atoms with E-state index in [0.29, 0.717) is 5.69 Å². The fraction of sp³-hybridized carbons (Fsp3) is 0.167. The van der Waals surface area contributed by atoms with Crippen molar-refractivity contribution in [2.24, 2.45) is 0 Å². The van der Waals surface area contributed by atoms with Gasteiger partial charge in [-0.2, -0.15) is 0 Å². The van der Waals surface area contributed by atoms with E-state index in [2.05, 4.69) is 16.0 Å². The highest BCUT2D eigenvalue weighted by atomic mass is 32.1. The molecule has 114 valence electrons. The predicted octanol–water partition coefficient (Wildman–Crippen LogP) is 3.80. The molecule has 2 aromatic heterocycles. The third-order valence-electron chi connectivity index (χ3n) is 3.96. The summed E-state index contributed by atoms with van der Waals surface area (Å²) in [5.74, 6) is -0.0319. The SMILES string of the molecule is O=C(c1csc(-c2ccccn2)n1)N1CCCc2ccccc21. The van der Waals surface area contributed by atoms with Gasteiger partial charge in [0.15, 0.2) is 0 Å². The number of aryl methyl sites for hydroxylation is 1. The number of aromatic nitrogens is 2. The van der Waals surface area contributed by atoms with E-state index in [4.69, 9.17) is 0 Å². The normalized spacial score (nSPS) is 13.7. The van der Waals surface area contributed by atoms with Crippen LogP contribution in [-0.4, -0.2) is 22.4 Å². The fourth-order valence-corrected chi connectivity index (χ4v) is 3.63. The van der Waals surface area contributed by atoms with E-state index in [0.717, 1.165) is 35.8 Å². The molecule has 0 radical (unpaired) electrons. The Bertz CT molecular complexity index is 844. The number of nitrogens with zero attached hydrogens (tertiary/aromatic N) is 3. The lowest BCUT2D eigenvalue weighted by Crippen LogP contribution is -2.35. The van der Waals surface area contributed by atoms with Gasteiger partial charge in [-0.15, -0.1) is 11.3 Å². The molecular formula is C18H15N3OS. The van der Waals surface area contributed by atoms with Crippen LogP contribution in [0, 0.1) is 0 Å². The fourth-order valence-electron chi connectivity index (χ4n) is 2.86. The van der Waals surface area contributed by atoms with Crippen LogP contribution in [0.2, 0.25) is 0 Å². The van der Waals surface area contributed by atoms with Gasteiger partial charge in [0.1, 0.15) is 10.7 Å². The molecule has 0 saturated carbocycles. The summed E-state index contributed by atoms with van der Waals surface area (Å²) in [5.41, 5.74) is 3.53. The molecule has 0 bridgehead atoms. The number of hydrogen-bond acceptors (Lipinski definition) is 4. The Balaban J connectivity index is 1.65. The van der Waals surface area contributed by atoms with Gasteiger partial charge in [-0.05, 0) is 36.6 Å². The van der Waals surface area contributed by atoms with E-state index in [1.165, 1.54) is 16.9 Å². The van der Waals surface area contributed by atoms with Crippen LogP contribution in [0.15, 0.2) is 54.0 Å². The number of thiazole rings is 1. The highest BCUT2D eigenvalue weighted by Gasteiger charge is 2.25. The van der Waals surface area contributed by atoms with Crippen molar-refractivity contribution >= 4 is 22.9 Å². The van der Waals surface area contributed by atoms with Crippen LogP contribution >= 0.6 is 11.3 Å². The van der Waals surface area contributed by atoms with Crippen LogP contribution in [0.5, 0.6) is 0 Å². The van der Waals surface area contributed by atoms with Gasteiger partial charge < -0.3 is 4.90 Å². The third-order valence-corrected chi connectivity index (χ3v) is 4.83. The van der Waals surface area contributed by atoms with E-state index in [9.17, 15) is 4.79 Å². The second-order valence-corrected chi connectivity index (χ2v) is 6.30. The summed E-state index contributed by atoms with van der Waals surface area (Å²) < 4.78 is 0. The summed E-state index contributed by atoms with van der Waals surface area (Å²) in [6.45, 7) is 0.742. The quantitative estimate of drug-likeness (QED) is 0.721. The van der Waals surface area contributed by atoms with Gasteiger partial charge >= 0.3 is 0 Å². The average molecular weight is 321 g/mol. The number of rotatable bonds is 2. The number of anilines is 1.